The zero-order valence-corrected chi connectivity index (χ0v) is 18.2. The summed E-state index contributed by atoms with van der Waals surface area (Å²) in [6.45, 7) is 0. The fraction of sp³-hybridized carbons (Fsp3) is 0.0870. The Kier molecular flexibility index (Phi) is 4.92. The molecule has 8 heteroatoms. The molecule has 0 amide bonds. The fourth-order valence-corrected chi connectivity index (χ4v) is 5.09. The van der Waals surface area contributed by atoms with Gasteiger partial charge < -0.3 is 9.30 Å². The normalized spacial score (nSPS) is 11.2. The number of hydrogen-bond donors (Lipinski definition) is 0. The zero-order chi connectivity index (χ0) is 21.5. The molecule has 31 heavy (non-hydrogen) atoms. The van der Waals surface area contributed by atoms with Gasteiger partial charge in [0.1, 0.15) is 9.98 Å². The predicted octanol–water partition coefficient (Wildman–Crippen LogP) is 6.23. The number of aromatic nitrogens is 4. The van der Waals surface area contributed by atoms with Gasteiger partial charge in [-0.25, -0.2) is 19.3 Å². The number of halogens is 2. The number of aryl methyl sites for hydroxylation is 1. The van der Waals surface area contributed by atoms with Crippen LogP contribution in [0.1, 0.15) is 0 Å². The second kappa shape index (κ2) is 7.76. The molecule has 0 saturated carbocycles. The molecule has 0 fully saturated rings. The van der Waals surface area contributed by atoms with Crippen molar-refractivity contribution in [3.63, 3.8) is 0 Å². The molecule has 0 bridgehead atoms. The maximum Gasteiger partial charge on any atom is 0.198 e. The number of methoxy groups -OCH3 is 1. The first kappa shape index (κ1) is 19.7. The molecule has 2 aromatic carbocycles. The standard InChI is InChI=1S/C23H16ClFN4OS/c1-29-12-11-26-22(29)21-27-20(24)17-16(13-7-4-3-5-8-13)19(31-23(17)28-21)14-9-6-10-15(30-2)18(14)25/h3-12H,1-2H3. The minimum atomic E-state index is -0.429. The van der Waals surface area contributed by atoms with Gasteiger partial charge in [-0.3, -0.25) is 0 Å². The molecule has 3 heterocycles. The van der Waals surface area contributed by atoms with E-state index in [9.17, 15) is 0 Å². The van der Waals surface area contributed by atoms with Crippen molar-refractivity contribution in [2.45, 2.75) is 0 Å². The number of hydrogen-bond acceptors (Lipinski definition) is 5. The summed E-state index contributed by atoms with van der Waals surface area (Å²) in [5.74, 6) is 0.776. The summed E-state index contributed by atoms with van der Waals surface area (Å²) >= 11 is 8.05. The fourth-order valence-electron chi connectivity index (χ4n) is 3.55. The summed E-state index contributed by atoms with van der Waals surface area (Å²) < 4.78 is 22.3. The third-order valence-corrected chi connectivity index (χ3v) is 6.41. The summed E-state index contributed by atoms with van der Waals surface area (Å²) in [6.07, 6.45) is 3.50. The highest BCUT2D eigenvalue weighted by molar-refractivity contribution is 7.22. The van der Waals surface area contributed by atoms with Gasteiger partial charge in [0.15, 0.2) is 23.2 Å². The molecule has 0 saturated heterocycles. The van der Waals surface area contributed by atoms with E-state index in [1.54, 1.807) is 24.4 Å². The van der Waals surface area contributed by atoms with Crippen molar-refractivity contribution < 1.29 is 9.13 Å². The van der Waals surface area contributed by atoms with E-state index >= 15 is 4.39 Å². The van der Waals surface area contributed by atoms with E-state index in [-0.39, 0.29) is 5.75 Å². The molecule has 154 valence electrons. The molecule has 0 radical (unpaired) electrons. The third-order valence-electron chi connectivity index (χ3n) is 5.02. The quantitative estimate of drug-likeness (QED) is 0.305. The minimum Gasteiger partial charge on any atom is -0.494 e. The largest absolute Gasteiger partial charge is 0.494 e. The van der Waals surface area contributed by atoms with Crippen molar-refractivity contribution >= 4 is 33.2 Å². The Hall–Kier alpha value is -3.29. The van der Waals surface area contributed by atoms with Gasteiger partial charge in [0.25, 0.3) is 0 Å². The molecule has 5 rings (SSSR count). The van der Waals surface area contributed by atoms with Crippen LogP contribution in [0.4, 0.5) is 4.39 Å². The molecular weight excluding hydrogens is 435 g/mol. The summed E-state index contributed by atoms with van der Waals surface area (Å²) in [7, 11) is 3.32. The van der Waals surface area contributed by atoms with E-state index in [2.05, 4.69) is 9.97 Å². The van der Waals surface area contributed by atoms with E-state index in [0.29, 0.717) is 37.5 Å². The monoisotopic (exact) mass is 450 g/mol. The Labute approximate surface area is 186 Å². The Morgan fingerprint density at radius 3 is 2.58 bits per heavy atom. The number of nitrogens with zero attached hydrogens (tertiary/aromatic N) is 4. The molecule has 0 N–H and O–H groups in total. The predicted molar refractivity (Wildman–Crippen MR) is 122 cm³/mol. The van der Waals surface area contributed by atoms with Gasteiger partial charge in [-0.2, -0.15) is 0 Å². The van der Waals surface area contributed by atoms with Crippen molar-refractivity contribution in [2.75, 3.05) is 7.11 Å². The number of benzene rings is 2. The van der Waals surface area contributed by atoms with Crippen molar-refractivity contribution in [3.05, 3.63) is 71.9 Å². The number of imidazole rings is 1. The van der Waals surface area contributed by atoms with Crippen LogP contribution < -0.4 is 4.74 Å². The van der Waals surface area contributed by atoms with Crippen LogP contribution in [0.15, 0.2) is 60.9 Å². The second-order valence-corrected chi connectivity index (χ2v) is 8.23. The van der Waals surface area contributed by atoms with Gasteiger partial charge in [0.05, 0.1) is 12.5 Å². The van der Waals surface area contributed by atoms with E-state index in [0.717, 1.165) is 11.1 Å². The number of thiophene rings is 1. The summed E-state index contributed by atoms with van der Waals surface area (Å²) in [6, 6.07) is 14.8. The SMILES string of the molecule is COc1cccc(-c2sc3nc(-c4nccn4C)nc(Cl)c3c2-c2ccccc2)c1F. The molecule has 5 nitrogen and oxygen atoms in total. The molecule has 0 aliphatic carbocycles. The van der Waals surface area contributed by atoms with E-state index in [1.165, 1.54) is 18.4 Å². The Bertz CT molecular complexity index is 1410. The van der Waals surface area contributed by atoms with Crippen molar-refractivity contribution in [2.24, 2.45) is 7.05 Å². The first-order valence-electron chi connectivity index (χ1n) is 9.44. The lowest BCUT2D eigenvalue weighted by atomic mass is 10.00. The maximum atomic E-state index is 15.2. The van der Waals surface area contributed by atoms with Crippen LogP contribution in [0.25, 0.3) is 43.4 Å². The first-order chi connectivity index (χ1) is 15.1. The third kappa shape index (κ3) is 3.26. The van der Waals surface area contributed by atoms with Crippen LogP contribution in [0, 0.1) is 5.82 Å². The molecule has 3 aromatic heterocycles. The molecular formula is C23H16ClFN4OS. The average Bonchev–Trinajstić information content (AvgIpc) is 3.38. The van der Waals surface area contributed by atoms with Crippen LogP contribution in [0.5, 0.6) is 5.75 Å². The Morgan fingerprint density at radius 1 is 1.06 bits per heavy atom. The van der Waals surface area contributed by atoms with Gasteiger partial charge in [-0.1, -0.05) is 54.1 Å². The molecule has 0 aliphatic heterocycles. The number of rotatable bonds is 4. The van der Waals surface area contributed by atoms with Crippen LogP contribution in [0.2, 0.25) is 5.15 Å². The van der Waals surface area contributed by atoms with Gasteiger partial charge >= 0.3 is 0 Å². The zero-order valence-electron chi connectivity index (χ0n) is 16.6. The highest BCUT2D eigenvalue weighted by Crippen LogP contribution is 2.47. The van der Waals surface area contributed by atoms with Crippen LogP contribution in [-0.2, 0) is 7.05 Å². The van der Waals surface area contributed by atoms with Gasteiger partial charge in [0, 0.05) is 35.4 Å². The Morgan fingerprint density at radius 2 is 1.87 bits per heavy atom. The molecule has 0 atom stereocenters. The summed E-state index contributed by atoms with van der Waals surface area (Å²) in [5, 5.41) is 0.987. The van der Waals surface area contributed by atoms with Gasteiger partial charge in [-0.15, -0.1) is 11.3 Å². The summed E-state index contributed by atoms with van der Waals surface area (Å²) in [4.78, 5) is 14.9. The minimum absolute atomic E-state index is 0.180. The smallest absolute Gasteiger partial charge is 0.198 e. The van der Waals surface area contributed by atoms with E-state index < -0.39 is 5.82 Å². The molecule has 0 spiro atoms. The van der Waals surface area contributed by atoms with Crippen LogP contribution in [0.3, 0.4) is 0 Å². The average molecular weight is 451 g/mol. The molecule has 0 aliphatic rings. The lowest BCUT2D eigenvalue weighted by Gasteiger charge is -2.09. The van der Waals surface area contributed by atoms with Gasteiger partial charge in [-0.05, 0) is 11.6 Å². The van der Waals surface area contributed by atoms with Gasteiger partial charge in [0.2, 0.25) is 0 Å². The second-order valence-electron chi connectivity index (χ2n) is 6.87. The lowest BCUT2D eigenvalue weighted by molar-refractivity contribution is 0.387. The summed E-state index contributed by atoms with van der Waals surface area (Å²) in [5.41, 5.74) is 2.13. The molecule has 5 aromatic rings. The first-order valence-corrected chi connectivity index (χ1v) is 10.6. The lowest BCUT2D eigenvalue weighted by Crippen LogP contribution is -1.97. The Balaban J connectivity index is 1.85. The highest BCUT2D eigenvalue weighted by Gasteiger charge is 2.24. The van der Waals surface area contributed by atoms with Crippen LogP contribution in [-0.4, -0.2) is 26.6 Å². The van der Waals surface area contributed by atoms with Crippen molar-refractivity contribution in [3.8, 4) is 39.0 Å². The number of fused-ring (bicyclic) bond motifs is 1. The topological polar surface area (TPSA) is 52.8 Å². The van der Waals surface area contributed by atoms with Crippen molar-refractivity contribution in [1.29, 1.82) is 0 Å². The van der Waals surface area contributed by atoms with Crippen LogP contribution >= 0.6 is 22.9 Å². The maximum absolute atomic E-state index is 15.2. The van der Waals surface area contributed by atoms with E-state index in [1.807, 2.05) is 48.1 Å². The van der Waals surface area contributed by atoms with Crippen molar-refractivity contribution in [1.82, 2.24) is 19.5 Å². The molecule has 0 unspecified atom stereocenters. The highest BCUT2D eigenvalue weighted by atomic mass is 35.5. The number of ether oxygens (including phenoxy) is 1. The van der Waals surface area contributed by atoms with E-state index in [4.69, 9.17) is 21.3 Å².